The van der Waals surface area contributed by atoms with Crippen molar-refractivity contribution in [3.63, 3.8) is 0 Å². The zero-order valence-electron chi connectivity index (χ0n) is 19.3. The molecule has 2 aromatic rings. The van der Waals surface area contributed by atoms with Gasteiger partial charge in [-0.2, -0.15) is 0 Å². The van der Waals surface area contributed by atoms with E-state index in [0.29, 0.717) is 5.75 Å². The second-order valence-corrected chi connectivity index (χ2v) is 9.04. The van der Waals surface area contributed by atoms with Gasteiger partial charge in [-0.15, -0.1) is 0 Å². The first kappa shape index (κ1) is 22.0. The average molecular weight is 427 g/mol. The van der Waals surface area contributed by atoms with E-state index in [1.807, 2.05) is 11.0 Å². The summed E-state index contributed by atoms with van der Waals surface area (Å²) in [6, 6.07) is 16.1. The molecule has 2 fully saturated rings. The third-order valence-corrected chi connectivity index (χ3v) is 7.40. The molecule has 1 saturated heterocycles. The van der Waals surface area contributed by atoms with Crippen LogP contribution in [0.1, 0.15) is 42.7 Å². The largest absolute Gasteiger partial charge is 0.493 e. The minimum absolute atomic E-state index is 0.696. The molecule has 2 aromatic carbocycles. The van der Waals surface area contributed by atoms with E-state index in [1.165, 1.54) is 63.0 Å². The summed E-state index contributed by atoms with van der Waals surface area (Å²) in [6.07, 6.45) is 5.43. The van der Waals surface area contributed by atoms with Gasteiger partial charge in [-0.3, -0.25) is 0 Å². The molecule has 0 radical (unpaired) electrons. The Kier molecular flexibility index (Phi) is 7.36. The van der Waals surface area contributed by atoms with Gasteiger partial charge in [-0.05, 0) is 49.3 Å². The highest BCUT2D eigenvalue weighted by Crippen LogP contribution is 2.39. The van der Waals surface area contributed by atoms with Crippen LogP contribution in [0.4, 0.5) is 0 Å². The van der Waals surface area contributed by atoms with Crippen molar-refractivity contribution in [2.24, 2.45) is 0 Å². The number of methoxy groups -OCH3 is 3. The summed E-state index contributed by atoms with van der Waals surface area (Å²) in [4.78, 5) is 3.46. The smallest absolute Gasteiger partial charge is 0.203 e. The highest BCUT2D eigenvalue weighted by molar-refractivity contribution is 5.55. The molecule has 2 N–H and O–H groups in total. The van der Waals surface area contributed by atoms with Crippen molar-refractivity contribution < 1.29 is 24.0 Å². The lowest BCUT2D eigenvalue weighted by Crippen LogP contribution is -3.29. The van der Waals surface area contributed by atoms with E-state index in [1.54, 1.807) is 26.2 Å². The second-order valence-electron chi connectivity index (χ2n) is 9.04. The van der Waals surface area contributed by atoms with Gasteiger partial charge in [-0.25, -0.2) is 0 Å². The lowest BCUT2D eigenvalue weighted by atomic mass is 9.81. The quantitative estimate of drug-likeness (QED) is 0.708. The van der Waals surface area contributed by atoms with Crippen LogP contribution >= 0.6 is 0 Å². The van der Waals surface area contributed by atoms with E-state index in [9.17, 15) is 0 Å². The average Bonchev–Trinajstić information content (AvgIpc) is 2.84. The Bertz CT molecular complexity index is 826. The van der Waals surface area contributed by atoms with Crippen molar-refractivity contribution >= 4 is 0 Å². The normalized spacial score (nSPS) is 26.3. The Morgan fingerprint density at radius 2 is 1.42 bits per heavy atom. The molecule has 4 rings (SSSR count). The highest BCUT2D eigenvalue weighted by Gasteiger charge is 2.33. The van der Waals surface area contributed by atoms with E-state index < -0.39 is 0 Å². The molecule has 168 valence electrons. The van der Waals surface area contributed by atoms with Crippen LogP contribution in [0.5, 0.6) is 17.2 Å². The maximum absolute atomic E-state index is 5.69. The number of hydrogen-bond donors (Lipinski definition) is 2. The van der Waals surface area contributed by atoms with Crippen molar-refractivity contribution in [1.82, 2.24) is 0 Å². The molecule has 0 aromatic heterocycles. The van der Waals surface area contributed by atoms with Crippen molar-refractivity contribution in [3.8, 4) is 17.2 Å². The van der Waals surface area contributed by atoms with Gasteiger partial charge >= 0.3 is 0 Å². The number of benzene rings is 2. The molecule has 2 aliphatic rings. The fourth-order valence-electron chi connectivity index (χ4n) is 5.64. The molecule has 1 saturated carbocycles. The van der Waals surface area contributed by atoms with Gasteiger partial charge in [0.15, 0.2) is 11.5 Å². The monoisotopic (exact) mass is 426 g/mol. The van der Waals surface area contributed by atoms with Crippen molar-refractivity contribution in [2.45, 2.75) is 44.2 Å². The molecule has 1 heterocycles. The minimum Gasteiger partial charge on any atom is -0.493 e. The number of piperazine rings is 1. The van der Waals surface area contributed by atoms with Gasteiger partial charge in [0, 0.05) is 0 Å². The first-order valence-electron chi connectivity index (χ1n) is 11.7. The lowest BCUT2D eigenvalue weighted by Gasteiger charge is -2.38. The molecule has 5 nitrogen and oxygen atoms in total. The first-order valence-corrected chi connectivity index (χ1v) is 11.7. The molecule has 0 spiro atoms. The van der Waals surface area contributed by atoms with Gasteiger partial charge in [0.25, 0.3) is 0 Å². The Labute approximate surface area is 186 Å². The Morgan fingerprint density at radius 1 is 0.742 bits per heavy atom. The molecular weight excluding hydrogens is 388 g/mol. The van der Waals surface area contributed by atoms with E-state index in [0.717, 1.165) is 30.0 Å². The highest BCUT2D eigenvalue weighted by atomic mass is 16.5. The van der Waals surface area contributed by atoms with Crippen LogP contribution in [0.2, 0.25) is 0 Å². The van der Waals surface area contributed by atoms with Crippen LogP contribution in [-0.4, -0.2) is 53.6 Å². The number of quaternary nitrogens is 2. The molecular formula is C26H38N2O3+2. The topological polar surface area (TPSA) is 36.6 Å². The molecule has 0 unspecified atom stereocenters. The fourth-order valence-corrected chi connectivity index (χ4v) is 5.64. The molecule has 0 amide bonds. The number of nitrogens with one attached hydrogen (secondary N) is 2. The van der Waals surface area contributed by atoms with Crippen molar-refractivity contribution in [3.05, 3.63) is 53.6 Å². The second kappa shape index (κ2) is 10.4. The van der Waals surface area contributed by atoms with E-state index in [4.69, 9.17) is 14.2 Å². The fraction of sp³-hybridized carbons (Fsp3) is 0.538. The van der Waals surface area contributed by atoms with Crippen molar-refractivity contribution in [1.29, 1.82) is 0 Å². The summed E-state index contributed by atoms with van der Waals surface area (Å²) in [7, 11) is 5.05. The molecule has 1 aliphatic carbocycles. The number of hydrogen-bond acceptors (Lipinski definition) is 3. The SMILES string of the molecule is COc1ccc(C[NH+]2CC[NH+](C3CCC(c4ccccc4)CC3)CC2)c(OC)c1OC. The Morgan fingerprint density at radius 3 is 2.03 bits per heavy atom. The summed E-state index contributed by atoms with van der Waals surface area (Å²) >= 11 is 0. The zero-order chi connectivity index (χ0) is 21.6. The summed E-state index contributed by atoms with van der Waals surface area (Å²) in [5.41, 5.74) is 2.73. The van der Waals surface area contributed by atoms with E-state index in [2.05, 4.69) is 36.4 Å². The predicted octanol–water partition coefficient (Wildman–Crippen LogP) is 1.72. The molecule has 0 atom stereocenters. The summed E-state index contributed by atoms with van der Waals surface area (Å²) in [6.45, 7) is 5.94. The molecule has 5 heteroatoms. The summed E-state index contributed by atoms with van der Waals surface area (Å²) in [5.74, 6) is 2.99. The van der Waals surface area contributed by atoms with Crippen LogP contribution in [-0.2, 0) is 6.54 Å². The number of rotatable bonds is 7. The third kappa shape index (κ3) is 4.99. The summed E-state index contributed by atoms with van der Waals surface area (Å²) in [5, 5.41) is 0. The lowest BCUT2D eigenvalue weighted by molar-refractivity contribution is -1.03. The summed E-state index contributed by atoms with van der Waals surface area (Å²) < 4.78 is 16.7. The first-order chi connectivity index (χ1) is 15.2. The van der Waals surface area contributed by atoms with E-state index in [-0.39, 0.29) is 0 Å². The van der Waals surface area contributed by atoms with Gasteiger partial charge in [0.1, 0.15) is 32.7 Å². The maximum Gasteiger partial charge on any atom is 0.203 e. The van der Waals surface area contributed by atoms with E-state index >= 15 is 0 Å². The van der Waals surface area contributed by atoms with Crippen LogP contribution in [0.25, 0.3) is 0 Å². The van der Waals surface area contributed by atoms with Gasteiger partial charge in [0.05, 0.1) is 32.9 Å². The molecule has 1 aliphatic heterocycles. The number of ether oxygens (including phenoxy) is 3. The van der Waals surface area contributed by atoms with Crippen molar-refractivity contribution in [2.75, 3.05) is 47.5 Å². The molecule has 0 bridgehead atoms. The van der Waals surface area contributed by atoms with Crippen LogP contribution in [0, 0.1) is 0 Å². The van der Waals surface area contributed by atoms with Gasteiger partial charge in [0.2, 0.25) is 5.75 Å². The standard InChI is InChI=1S/C26H36N2O3/c1-29-24-14-11-22(25(30-2)26(24)31-3)19-27-15-17-28(18-16-27)23-12-9-21(10-13-23)20-7-5-4-6-8-20/h4-8,11,14,21,23H,9-10,12-13,15-19H2,1-3H3/p+2. The minimum atomic E-state index is 0.696. The third-order valence-electron chi connectivity index (χ3n) is 7.40. The van der Waals surface area contributed by atoms with Crippen LogP contribution in [0.3, 0.4) is 0 Å². The zero-order valence-corrected chi connectivity index (χ0v) is 19.3. The van der Waals surface area contributed by atoms with Gasteiger partial charge in [-0.1, -0.05) is 30.3 Å². The Balaban J connectivity index is 1.30. The van der Waals surface area contributed by atoms with Gasteiger partial charge < -0.3 is 24.0 Å². The Hall–Kier alpha value is -2.24. The maximum atomic E-state index is 5.69. The molecule has 31 heavy (non-hydrogen) atoms. The van der Waals surface area contributed by atoms with Crippen LogP contribution in [0.15, 0.2) is 42.5 Å². The van der Waals surface area contributed by atoms with Crippen LogP contribution < -0.4 is 24.0 Å². The predicted molar refractivity (Wildman–Crippen MR) is 123 cm³/mol.